The van der Waals surface area contributed by atoms with E-state index in [0.29, 0.717) is 6.42 Å². The number of carbonyl (C=O) groups excluding carboxylic acids is 2. The number of hydrogen-bond acceptors (Lipinski definition) is 2. The minimum absolute atomic E-state index is 0.148. The number of rotatable bonds is 7. The standard InChI is InChI=1S/C27H27N3O2/c1-19-12-14-22(15-13-19)30(2)27(32)25(16-20-8-4-3-5-9-20)29-26(31)17-21-18-28-24-11-7-6-10-23(21)24/h3-15,18,25,28H,16-17H2,1-2H3,(H,29,31)/t25-/m0/s1. The summed E-state index contributed by atoms with van der Waals surface area (Å²) in [5.41, 5.74) is 4.82. The van der Waals surface area contributed by atoms with E-state index in [1.807, 2.05) is 92.0 Å². The molecule has 0 radical (unpaired) electrons. The van der Waals surface area contributed by atoms with E-state index in [9.17, 15) is 9.59 Å². The third-order valence-electron chi connectivity index (χ3n) is 5.69. The average Bonchev–Trinajstić information content (AvgIpc) is 3.21. The number of aryl methyl sites for hydroxylation is 1. The molecule has 0 saturated heterocycles. The molecule has 1 aromatic heterocycles. The number of hydrogen-bond donors (Lipinski definition) is 2. The number of nitrogens with one attached hydrogen (secondary N) is 2. The fourth-order valence-corrected chi connectivity index (χ4v) is 3.88. The second-order valence-corrected chi connectivity index (χ2v) is 8.08. The zero-order valence-corrected chi connectivity index (χ0v) is 18.3. The number of fused-ring (bicyclic) bond motifs is 1. The van der Waals surface area contributed by atoms with Gasteiger partial charge in [0.25, 0.3) is 0 Å². The van der Waals surface area contributed by atoms with Crippen LogP contribution in [0.5, 0.6) is 0 Å². The molecular weight excluding hydrogens is 398 g/mol. The van der Waals surface area contributed by atoms with E-state index in [0.717, 1.165) is 33.3 Å². The Bertz CT molecular complexity index is 1210. The number of benzene rings is 3. The van der Waals surface area contributed by atoms with Crippen molar-refractivity contribution in [1.82, 2.24) is 10.3 Å². The highest BCUT2D eigenvalue weighted by Crippen LogP contribution is 2.19. The van der Waals surface area contributed by atoms with Crippen LogP contribution in [0.2, 0.25) is 0 Å². The van der Waals surface area contributed by atoms with E-state index in [2.05, 4.69) is 10.3 Å². The lowest BCUT2D eigenvalue weighted by Gasteiger charge is -2.25. The molecule has 0 unspecified atom stereocenters. The molecule has 0 aliphatic heterocycles. The lowest BCUT2D eigenvalue weighted by molar-refractivity contribution is -0.127. The molecule has 0 aliphatic carbocycles. The van der Waals surface area contributed by atoms with Crippen molar-refractivity contribution >= 4 is 28.4 Å². The molecule has 0 aliphatic rings. The van der Waals surface area contributed by atoms with Gasteiger partial charge in [-0.1, -0.05) is 66.2 Å². The van der Waals surface area contributed by atoms with Gasteiger partial charge in [0, 0.05) is 36.3 Å². The third-order valence-corrected chi connectivity index (χ3v) is 5.69. The molecule has 2 amide bonds. The number of nitrogens with zero attached hydrogens (tertiary/aromatic N) is 1. The Morgan fingerprint density at radius 2 is 1.62 bits per heavy atom. The number of anilines is 1. The summed E-state index contributed by atoms with van der Waals surface area (Å²) in [5, 5.41) is 4.01. The highest BCUT2D eigenvalue weighted by molar-refractivity contribution is 5.99. The maximum absolute atomic E-state index is 13.4. The van der Waals surface area contributed by atoms with Crippen molar-refractivity contribution in [3.8, 4) is 0 Å². The maximum Gasteiger partial charge on any atom is 0.249 e. The van der Waals surface area contributed by atoms with Crippen molar-refractivity contribution in [3.63, 3.8) is 0 Å². The summed E-state index contributed by atoms with van der Waals surface area (Å²) < 4.78 is 0. The molecule has 1 atom stereocenters. The van der Waals surface area contributed by atoms with Gasteiger partial charge in [-0.3, -0.25) is 9.59 Å². The predicted octanol–water partition coefficient (Wildman–Crippen LogP) is 4.41. The van der Waals surface area contributed by atoms with Gasteiger partial charge in [-0.15, -0.1) is 0 Å². The van der Waals surface area contributed by atoms with Crippen LogP contribution in [-0.4, -0.2) is 29.9 Å². The topological polar surface area (TPSA) is 65.2 Å². The van der Waals surface area contributed by atoms with Crippen molar-refractivity contribution in [3.05, 3.63) is 102 Å². The van der Waals surface area contributed by atoms with Crippen LogP contribution in [0.25, 0.3) is 10.9 Å². The highest BCUT2D eigenvalue weighted by Gasteiger charge is 2.25. The lowest BCUT2D eigenvalue weighted by Crippen LogP contribution is -2.49. The number of amides is 2. The summed E-state index contributed by atoms with van der Waals surface area (Å²) in [6, 6.07) is 24.8. The van der Waals surface area contributed by atoms with Gasteiger partial charge in [0.05, 0.1) is 6.42 Å². The second-order valence-electron chi connectivity index (χ2n) is 8.08. The zero-order chi connectivity index (χ0) is 22.5. The number of carbonyl (C=O) groups is 2. The van der Waals surface area contributed by atoms with E-state index >= 15 is 0 Å². The van der Waals surface area contributed by atoms with Crippen LogP contribution in [0, 0.1) is 6.92 Å². The Hall–Kier alpha value is -3.86. The van der Waals surface area contributed by atoms with Crippen molar-refractivity contribution in [2.75, 3.05) is 11.9 Å². The van der Waals surface area contributed by atoms with E-state index in [1.165, 1.54) is 0 Å². The summed E-state index contributed by atoms with van der Waals surface area (Å²) in [6.07, 6.45) is 2.49. The molecule has 4 rings (SSSR count). The molecule has 4 aromatic rings. The largest absolute Gasteiger partial charge is 0.361 e. The minimum atomic E-state index is -0.665. The van der Waals surface area contributed by atoms with Crippen LogP contribution in [0.3, 0.4) is 0 Å². The highest BCUT2D eigenvalue weighted by atomic mass is 16.2. The first-order chi connectivity index (χ1) is 15.5. The predicted molar refractivity (Wildman–Crippen MR) is 129 cm³/mol. The first-order valence-electron chi connectivity index (χ1n) is 10.7. The third kappa shape index (κ3) is 4.89. The van der Waals surface area contributed by atoms with Crippen LogP contribution in [0.15, 0.2) is 85.1 Å². The molecule has 0 bridgehead atoms. The SMILES string of the molecule is Cc1ccc(N(C)C(=O)[C@H](Cc2ccccc2)NC(=O)Cc2c[nH]c3ccccc23)cc1. The first kappa shape index (κ1) is 21.4. The van der Waals surface area contributed by atoms with Crippen LogP contribution in [0.4, 0.5) is 5.69 Å². The molecule has 162 valence electrons. The Kier molecular flexibility index (Phi) is 6.36. The number of para-hydroxylation sites is 1. The van der Waals surface area contributed by atoms with Gasteiger partial charge in [-0.05, 0) is 36.2 Å². The summed E-state index contributed by atoms with van der Waals surface area (Å²) in [4.78, 5) is 31.2. The molecule has 0 saturated carbocycles. The van der Waals surface area contributed by atoms with Gasteiger partial charge in [0.2, 0.25) is 11.8 Å². The van der Waals surface area contributed by atoms with Crippen molar-refractivity contribution in [1.29, 1.82) is 0 Å². The van der Waals surface area contributed by atoms with E-state index in [1.54, 1.807) is 11.9 Å². The normalized spacial score (nSPS) is 11.8. The van der Waals surface area contributed by atoms with Crippen molar-refractivity contribution in [2.24, 2.45) is 0 Å². The van der Waals surface area contributed by atoms with Crippen LogP contribution >= 0.6 is 0 Å². The van der Waals surface area contributed by atoms with E-state index in [-0.39, 0.29) is 18.2 Å². The zero-order valence-electron chi connectivity index (χ0n) is 18.3. The quantitative estimate of drug-likeness (QED) is 0.461. The Morgan fingerprint density at radius 1 is 0.938 bits per heavy atom. The molecule has 1 heterocycles. The average molecular weight is 426 g/mol. The molecule has 32 heavy (non-hydrogen) atoms. The fourth-order valence-electron chi connectivity index (χ4n) is 3.88. The van der Waals surface area contributed by atoms with Gasteiger partial charge < -0.3 is 15.2 Å². The van der Waals surface area contributed by atoms with Crippen LogP contribution < -0.4 is 10.2 Å². The van der Waals surface area contributed by atoms with Gasteiger partial charge in [0.15, 0.2) is 0 Å². The smallest absolute Gasteiger partial charge is 0.249 e. The van der Waals surface area contributed by atoms with E-state index in [4.69, 9.17) is 0 Å². The number of aromatic nitrogens is 1. The van der Waals surface area contributed by atoms with Gasteiger partial charge in [0.1, 0.15) is 6.04 Å². The van der Waals surface area contributed by atoms with Crippen LogP contribution in [-0.2, 0) is 22.4 Å². The fraction of sp³-hybridized carbons (Fsp3) is 0.185. The van der Waals surface area contributed by atoms with E-state index < -0.39 is 6.04 Å². The monoisotopic (exact) mass is 425 g/mol. The van der Waals surface area contributed by atoms with Crippen molar-refractivity contribution in [2.45, 2.75) is 25.8 Å². The Morgan fingerprint density at radius 3 is 2.38 bits per heavy atom. The number of likely N-dealkylation sites (N-methyl/N-ethyl adjacent to an activating group) is 1. The second kappa shape index (κ2) is 9.52. The van der Waals surface area contributed by atoms with Gasteiger partial charge >= 0.3 is 0 Å². The summed E-state index contributed by atoms with van der Waals surface area (Å²) in [7, 11) is 1.75. The summed E-state index contributed by atoms with van der Waals surface area (Å²) in [5.74, 6) is -0.327. The molecule has 5 heteroatoms. The lowest BCUT2D eigenvalue weighted by atomic mass is 10.0. The molecule has 5 nitrogen and oxygen atoms in total. The van der Waals surface area contributed by atoms with Crippen LogP contribution in [0.1, 0.15) is 16.7 Å². The molecular formula is C27H27N3O2. The maximum atomic E-state index is 13.4. The summed E-state index contributed by atoms with van der Waals surface area (Å²) in [6.45, 7) is 2.01. The summed E-state index contributed by atoms with van der Waals surface area (Å²) >= 11 is 0. The Labute approximate surface area is 188 Å². The molecule has 0 spiro atoms. The first-order valence-corrected chi connectivity index (χ1v) is 10.7. The molecule has 3 aromatic carbocycles. The number of aromatic amines is 1. The van der Waals surface area contributed by atoms with Gasteiger partial charge in [-0.2, -0.15) is 0 Å². The van der Waals surface area contributed by atoms with Crippen molar-refractivity contribution < 1.29 is 9.59 Å². The molecule has 2 N–H and O–H groups in total. The van der Waals surface area contributed by atoms with Gasteiger partial charge in [-0.25, -0.2) is 0 Å². The Balaban J connectivity index is 1.53. The minimum Gasteiger partial charge on any atom is -0.361 e. The number of H-pyrrole nitrogens is 1. The molecule has 0 fully saturated rings.